The Bertz CT molecular complexity index is 495. The average molecular weight is 279 g/mol. The third-order valence-electron chi connectivity index (χ3n) is 4.39. The first-order chi connectivity index (χ1) is 9.15. The number of rotatable bonds is 2. The van der Waals surface area contributed by atoms with Crippen molar-refractivity contribution in [2.24, 2.45) is 0 Å². The first-order valence-electron chi connectivity index (χ1n) is 6.90. The molecule has 0 spiro atoms. The minimum atomic E-state index is -0.356. The lowest BCUT2D eigenvalue weighted by Crippen LogP contribution is -2.45. The molecular formula is C15H19ClN2O. The normalized spacial score (nSPS) is 24.4. The molecule has 1 aliphatic carbocycles. The van der Waals surface area contributed by atoms with E-state index in [1.165, 1.54) is 17.5 Å². The molecule has 0 aromatic heterocycles. The molecule has 1 atom stereocenters. The van der Waals surface area contributed by atoms with E-state index in [1.807, 2.05) is 12.1 Å². The van der Waals surface area contributed by atoms with Crippen LogP contribution in [0.15, 0.2) is 18.2 Å². The second-order valence-electron chi connectivity index (χ2n) is 5.58. The maximum absolute atomic E-state index is 11.2. The van der Waals surface area contributed by atoms with Gasteiger partial charge in [0, 0.05) is 37.8 Å². The van der Waals surface area contributed by atoms with E-state index in [9.17, 15) is 4.79 Å². The Morgan fingerprint density at radius 2 is 2.00 bits per heavy atom. The predicted octanol–water partition coefficient (Wildman–Crippen LogP) is 2.30. The Morgan fingerprint density at radius 1 is 1.26 bits per heavy atom. The summed E-state index contributed by atoms with van der Waals surface area (Å²) in [6.45, 7) is 4.56. The van der Waals surface area contributed by atoms with Gasteiger partial charge in [0.2, 0.25) is 0 Å². The monoisotopic (exact) mass is 278 g/mol. The van der Waals surface area contributed by atoms with Crippen molar-refractivity contribution in [1.82, 2.24) is 9.80 Å². The number of carbonyl (C=O) groups excluding carboxylic acids is 1. The van der Waals surface area contributed by atoms with Crippen LogP contribution in [-0.2, 0) is 6.42 Å². The van der Waals surface area contributed by atoms with Gasteiger partial charge in [0.15, 0.2) is 0 Å². The van der Waals surface area contributed by atoms with Crippen molar-refractivity contribution in [2.45, 2.75) is 18.9 Å². The summed E-state index contributed by atoms with van der Waals surface area (Å²) < 4.78 is 0. The third-order valence-corrected chi connectivity index (χ3v) is 4.61. The van der Waals surface area contributed by atoms with E-state index in [0.29, 0.717) is 11.6 Å². The quantitative estimate of drug-likeness (QED) is 0.776. The number of fused-ring (bicyclic) bond motifs is 1. The summed E-state index contributed by atoms with van der Waals surface area (Å²) in [5.74, 6) is 0. The minimum absolute atomic E-state index is 0.356. The summed E-state index contributed by atoms with van der Waals surface area (Å²) in [4.78, 5) is 16.2. The Balaban J connectivity index is 1.80. The maximum atomic E-state index is 11.2. The second kappa shape index (κ2) is 5.23. The van der Waals surface area contributed by atoms with E-state index >= 15 is 0 Å². The zero-order valence-corrected chi connectivity index (χ0v) is 12.0. The van der Waals surface area contributed by atoms with Crippen LogP contribution in [0.2, 0.25) is 0 Å². The van der Waals surface area contributed by atoms with Crippen molar-refractivity contribution in [3.8, 4) is 0 Å². The van der Waals surface area contributed by atoms with Gasteiger partial charge >= 0.3 is 0 Å². The lowest BCUT2D eigenvalue weighted by molar-refractivity contribution is 0.108. The molecule has 4 heteroatoms. The molecule has 3 nitrogen and oxygen atoms in total. The van der Waals surface area contributed by atoms with Gasteiger partial charge in [0.25, 0.3) is 5.24 Å². The number of aryl methyl sites for hydroxylation is 1. The number of halogens is 1. The van der Waals surface area contributed by atoms with E-state index in [0.717, 1.165) is 32.6 Å². The predicted molar refractivity (Wildman–Crippen MR) is 76.8 cm³/mol. The molecule has 0 radical (unpaired) electrons. The van der Waals surface area contributed by atoms with Gasteiger partial charge in [0.1, 0.15) is 0 Å². The molecule has 1 fully saturated rings. The van der Waals surface area contributed by atoms with Gasteiger partial charge in [0.05, 0.1) is 0 Å². The minimum Gasteiger partial charge on any atom is -0.304 e. The molecule has 0 N–H and O–H groups in total. The summed E-state index contributed by atoms with van der Waals surface area (Å²) in [6, 6.07) is 6.47. The molecule has 0 unspecified atom stereocenters. The van der Waals surface area contributed by atoms with Crippen LogP contribution in [0.25, 0.3) is 0 Å². The molecule has 1 heterocycles. The Hall–Kier alpha value is -0.900. The molecule has 1 aromatic carbocycles. The fourth-order valence-electron chi connectivity index (χ4n) is 3.23. The maximum Gasteiger partial charge on any atom is 0.252 e. The molecule has 0 amide bonds. The van der Waals surface area contributed by atoms with Crippen molar-refractivity contribution in [2.75, 3.05) is 33.2 Å². The molecule has 19 heavy (non-hydrogen) atoms. The van der Waals surface area contributed by atoms with Crippen LogP contribution in [0.4, 0.5) is 0 Å². The highest BCUT2D eigenvalue weighted by molar-refractivity contribution is 6.67. The van der Waals surface area contributed by atoms with Crippen molar-refractivity contribution >= 4 is 16.8 Å². The van der Waals surface area contributed by atoms with E-state index in [2.05, 4.69) is 22.9 Å². The lowest BCUT2D eigenvalue weighted by atomic mass is 10.0. The molecule has 3 rings (SSSR count). The largest absolute Gasteiger partial charge is 0.304 e. The van der Waals surface area contributed by atoms with E-state index in [4.69, 9.17) is 11.6 Å². The van der Waals surface area contributed by atoms with Crippen LogP contribution in [0.1, 0.15) is 33.9 Å². The van der Waals surface area contributed by atoms with Crippen LogP contribution >= 0.6 is 11.6 Å². The third kappa shape index (κ3) is 2.55. The van der Waals surface area contributed by atoms with Gasteiger partial charge < -0.3 is 4.90 Å². The number of hydrogen-bond acceptors (Lipinski definition) is 3. The van der Waals surface area contributed by atoms with Crippen molar-refractivity contribution < 1.29 is 4.79 Å². The van der Waals surface area contributed by atoms with Crippen LogP contribution in [0.3, 0.4) is 0 Å². The highest BCUT2D eigenvalue weighted by Gasteiger charge is 2.29. The molecule has 0 bridgehead atoms. The van der Waals surface area contributed by atoms with Crippen LogP contribution in [-0.4, -0.2) is 48.3 Å². The van der Waals surface area contributed by atoms with Gasteiger partial charge in [-0.25, -0.2) is 0 Å². The second-order valence-corrected chi connectivity index (χ2v) is 5.92. The van der Waals surface area contributed by atoms with Crippen molar-refractivity contribution in [3.63, 3.8) is 0 Å². The number of likely N-dealkylation sites (N-methyl/N-ethyl adjacent to an activating group) is 1. The number of hydrogen-bond donors (Lipinski definition) is 0. The van der Waals surface area contributed by atoms with E-state index in [1.54, 1.807) is 0 Å². The summed E-state index contributed by atoms with van der Waals surface area (Å²) in [7, 11) is 2.18. The smallest absolute Gasteiger partial charge is 0.252 e. The molecule has 2 aliphatic rings. The Kier molecular flexibility index (Phi) is 3.61. The molecule has 1 aliphatic heterocycles. The number of carbonyl (C=O) groups is 1. The Morgan fingerprint density at radius 3 is 2.68 bits per heavy atom. The first-order valence-corrected chi connectivity index (χ1v) is 7.28. The SMILES string of the molecule is CN1CCN([C@H]2CCc3cc(C(=O)Cl)ccc32)CC1. The van der Waals surface area contributed by atoms with Crippen molar-refractivity contribution in [1.29, 1.82) is 0 Å². The van der Waals surface area contributed by atoms with E-state index < -0.39 is 0 Å². The number of nitrogens with zero attached hydrogens (tertiary/aromatic N) is 2. The highest BCUT2D eigenvalue weighted by Crippen LogP contribution is 2.36. The summed E-state index contributed by atoms with van der Waals surface area (Å²) >= 11 is 5.55. The van der Waals surface area contributed by atoms with Crippen molar-refractivity contribution in [3.05, 3.63) is 34.9 Å². The first kappa shape index (κ1) is 13.1. The topological polar surface area (TPSA) is 23.6 Å². The van der Waals surface area contributed by atoms with Crippen LogP contribution in [0.5, 0.6) is 0 Å². The Labute approximate surface area is 119 Å². The average Bonchev–Trinajstić information content (AvgIpc) is 2.82. The highest BCUT2D eigenvalue weighted by atomic mass is 35.5. The van der Waals surface area contributed by atoms with Crippen LogP contribution < -0.4 is 0 Å². The fourth-order valence-corrected chi connectivity index (χ4v) is 3.35. The molecule has 102 valence electrons. The lowest BCUT2D eigenvalue weighted by Gasteiger charge is -2.36. The molecule has 0 saturated carbocycles. The number of benzene rings is 1. The zero-order valence-electron chi connectivity index (χ0n) is 11.2. The summed E-state index contributed by atoms with van der Waals surface area (Å²) in [5, 5.41) is -0.356. The van der Waals surface area contributed by atoms with Gasteiger partial charge in [-0.05, 0) is 54.7 Å². The van der Waals surface area contributed by atoms with Gasteiger partial charge in [-0.3, -0.25) is 9.69 Å². The zero-order chi connectivity index (χ0) is 13.4. The molecular weight excluding hydrogens is 260 g/mol. The van der Waals surface area contributed by atoms with Gasteiger partial charge in [-0.15, -0.1) is 0 Å². The molecule has 1 aromatic rings. The fraction of sp³-hybridized carbons (Fsp3) is 0.533. The summed E-state index contributed by atoms with van der Waals surface area (Å²) in [5.41, 5.74) is 3.32. The van der Waals surface area contributed by atoms with Gasteiger partial charge in [-0.2, -0.15) is 0 Å². The van der Waals surface area contributed by atoms with E-state index in [-0.39, 0.29) is 5.24 Å². The molecule has 1 saturated heterocycles. The summed E-state index contributed by atoms with van der Waals surface area (Å²) in [6.07, 6.45) is 2.23. The van der Waals surface area contributed by atoms with Gasteiger partial charge in [-0.1, -0.05) is 6.07 Å². The van der Waals surface area contributed by atoms with Crippen LogP contribution in [0, 0.1) is 0 Å². The number of piperazine rings is 1. The standard InChI is InChI=1S/C15H19ClN2O/c1-17-6-8-18(9-7-17)14-5-3-11-10-12(15(16)19)2-4-13(11)14/h2,4,10,14H,3,5-9H2,1H3/t14-/m0/s1.